The summed E-state index contributed by atoms with van der Waals surface area (Å²) in [7, 11) is 1.72. The number of rotatable bonds is 10. The van der Waals surface area contributed by atoms with Crippen LogP contribution in [0.1, 0.15) is 68.6 Å². The van der Waals surface area contributed by atoms with E-state index in [9.17, 15) is 0 Å². The lowest BCUT2D eigenvalue weighted by Crippen LogP contribution is -2.34. The molecule has 0 spiro atoms. The van der Waals surface area contributed by atoms with Gasteiger partial charge in [-0.2, -0.15) is 4.58 Å². The molecule has 1 unspecified atom stereocenters. The van der Waals surface area contributed by atoms with Crippen LogP contribution in [0.15, 0.2) is 97.1 Å². The molecule has 0 bridgehead atoms. The highest BCUT2D eigenvalue weighted by atomic mass is 16.5. The van der Waals surface area contributed by atoms with Crippen LogP contribution in [-0.4, -0.2) is 23.9 Å². The van der Waals surface area contributed by atoms with Gasteiger partial charge in [0.15, 0.2) is 5.71 Å². The molecule has 4 aromatic carbocycles. The molecule has 4 aromatic rings. The van der Waals surface area contributed by atoms with E-state index < -0.39 is 0 Å². The van der Waals surface area contributed by atoms with Crippen molar-refractivity contribution in [3.05, 3.63) is 114 Å². The summed E-state index contributed by atoms with van der Waals surface area (Å²) >= 11 is 0. The lowest BCUT2D eigenvalue weighted by atomic mass is 9.73. The molecule has 1 heterocycles. The van der Waals surface area contributed by atoms with E-state index in [2.05, 4.69) is 103 Å². The van der Waals surface area contributed by atoms with Gasteiger partial charge in [0.25, 0.3) is 0 Å². The van der Waals surface area contributed by atoms with Crippen LogP contribution in [0.2, 0.25) is 0 Å². The third-order valence-corrected chi connectivity index (χ3v) is 9.27. The van der Waals surface area contributed by atoms with Crippen LogP contribution in [0.3, 0.4) is 0 Å². The number of nitrogens with zero attached hydrogens (tertiary/aromatic N) is 1. The molecule has 2 nitrogen and oxygen atoms in total. The van der Waals surface area contributed by atoms with E-state index in [1.165, 1.54) is 83.8 Å². The summed E-state index contributed by atoms with van der Waals surface area (Å²) in [5.41, 5.74) is 6.68. The summed E-state index contributed by atoms with van der Waals surface area (Å²) in [4.78, 5) is 0. The van der Waals surface area contributed by atoms with Crippen LogP contribution < -0.4 is 4.74 Å². The fraction of sp³-hybridized carbons (Fsp3) is 0.342. The molecule has 1 aliphatic heterocycles. The van der Waals surface area contributed by atoms with Crippen molar-refractivity contribution >= 4 is 28.2 Å². The summed E-state index contributed by atoms with van der Waals surface area (Å²) in [5, 5.41) is 2.70. The van der Waals surface area contributed by atoms with Gasteiger partial charge in [0.2, 0.25) is 5.69 Å². The Balaban J connectivity index is 1.43. The average molecular weight is 529 g/mol. The maximum absolute atomic E-state index is 5.40. The molecule has 1 aliphatic carbocycles. The van der Waals surface area contributed by atoms with Gasteiger partial charge in [0, 0.05) is 24.1 Å². The summed E-state index contributed by atoms with van der Waals surface area (Å²) in [6.07, 6.45) is 15.3. The molecule has 6 rings (SSSR count). The summed E-state index contributed by atoms with van der Waals surface area (Å²) in [6.45, 7) is 3.53. The Hall–Kier alpha value is -3.65. The predicted octanol–water partition coefficient (Wildman–Crippen LogP) is 9.52. The molecule has 0 N–H and O–H groups in total. The Morgan fingerprint density at radius 3 is 2.35 bits per heavy atom. The Bertz CT molecular complexity index is 1510. The van der Waals surface area contributed by atoms with Crippen LogP contribution in [0.5, 0.6) is 5.75 Å². The van der Waals surface area contributed by atoms with E-state index in [-0.39, 0.29) is 5.41 Å². The highest BCUT2D eigenvalue weighted by molar-refractivity contribution is 6.09. The van der Waals surface area contributed by atoms with Crippen molar-refractivity contribution in [1.29, 1.82) is 0 Å². The number of methoxy groups -OCH3 is 1. The van der Waals surface area contributed by atoms with E-state index in [1.54, 1.807) is 7.11 Å². The minimum atomic E-state index is -0.147. The van der Waals surface area contributed by atoms with E-state index in [4.69, 9.17) is 4.74 Å². The zero-order valence-corrected chi connectivity index (χ0v) is 24.1. The lowest BCUT2D eigenvalue weighted by molar-refractivity contribution is -0.438. The van der Waals surface area contributed by atoms with Gasteiger partial charge < -0.3 is 4.74 Å². The van der Waals surface area contributed by atoms with Crippen molar-refractivity contribution in [2.45, 2.75) is 63.7 Å². The van der Waals surface area contributed by atoms with Crippen LogP contribution in [-0.2, 0) is 11.8 Å². The third kappa shape index (κ3) is 5.37. The average Bonchev–Trinajstić information content (AvgIpc) is 3.59. The Morgan fingerprint density at radius 2 is 1.57 bits per heavy atom. The molecular weight excluding hydrogens is 486 g/mol. The zero-order chi connectivity index (χ0) is 27.4. The molecule has 1 saturated carbocycles. The van der Waals surface area contributed by atoms with Gasteiger partial charge in [-0.3, -0.25) is 0 Å². The van der Waals surface area contributed by atoms with Crippen LogP contribution in [0.25, 0.3) is 16.8 Å². The minimum absolute atomic E-state index is 0.147. The van der Waals surface area contributed by atoms with E-state index in [0.29, 0.717) is 0 Å². The molecular formula is C38H42NO+. The standard InChI is InChI=1S/C38H42NO/c1-38(28-31-15-4-3-5-16-31)36(26-21-30-19-23-33(40-2)24-20-30)39(27-11-10-14-29-12-6-7-13-29)35-25-22-32-17-8-9-18-34(32)37(35)38/h3-5,8-9,15-26,29H,6-7,10-14,27-28H2,1-2H3/q+1/b26-21+. The maximum Gasteiger partial charge on any atom is 0.210 e. The maximum atomic E-state index is 5.40. The minimum Gasteiger partial charge on any atom is -0.497 e. The Morgan fingerprint density at radius 1 is 0.825 bits per heavy atom. The fourth-order valence-corrected chi connectivity index (χ4v) is 7.21. The van der Waals surface area contributed by atoms with Gasteiger partial charge in [0.05, 0.1) is 12.5 Å². The Labute approximate surface area is 240 Å². The van der Waals surface area contributed by atoms with Gasteiger partial charge in [-0.1, -0.05) is 98.8 Å². The number of fused-ring (bicyclic) bond motifs is 3. The first-order chi connectivity index (χ1) is 19.7. The molecule has 0 saturated heterocycles. The quantitative estimate of drug-likeness (QED) is 0.147. The van der Waals surface area contributed by atoms with Crippen molar-refractivity contribution in [2.24, 2.45) is 5.92 Å². The van der Waals surface area contributed by atoms with E-state index in [1.807, 2.05) is 12.1 Å². The van der Waals surface area contributed by atoms with Crippen molar-refractivity contribution < 1.29 is 9.31 Å². The summed E-state index contributed by atoms with van der Waals surface area (Å²) in [5.74, 6) is 1.85. The molecule has 2 heteroatoms. The number of benzene rings is 4. The van der Waals surface area contributed by atoms with Crippen molar-refractivity contribution in [2.75, 3.05) is 13.7 Å². The van der Waals surface area contributed by atoms with Gasteiger partial charge in [0.1, 0.15) is 12.3 Å². The summed E-state index contributed by atoms with van der Waals surface area (Å²) in [6, 6.07) is 33.1. The molecule has 1 fully saturated rings. The second-order valence-electron chi connectivity index (χ2n) is 12.0. The number of allylic oxidation sites excluding steroid dienone is 1. The normalized spacial score (nSPS) is 19.1. The van der Waals surface area contributed by atoms with Crippen LogP contribution in [0, 0.1) is 5.92 Å². The first-order valence-electron chi connectivity index (χ1n) is 15.2. The predicted molar refractivity (Wildman–Crippen MR) is 169 cm³/mol. The van der Waals surface area contributed by atoms with E-state index in [0.717, 1.165) is 24.6 Å². The first kappa shape index (κ1) is 26.6. The SMILES string of the molecule is COc1ccc(/C=C/C2=[N+](CCCCC3CCCC3)c3ccc4ccccc4c3C2(C)Cc2ccccc2)cc1. The summed E-state index contributed by atoms with van der Waals surface area (Å²) < 4.78 is 8.05. The van der Waals surface area contributed by atoms with E-state index >= 15 is 0 Å². The molecule has 1 atom stereocenters. The third-order valence-electron chi connectivity index (χ3n) is 9.27. The highest BCUT2D eigenvalue weighted by Gasteiger charge is 2.48. The molecule has 204 valence electrons. The molecule has 40 heavy (non-hydrogen) atoms. The number of unbranched alkanes of at least 4 members (excludes halogenated alkanes) is 1. The largest absolute Gasteiger partial charge is 0.497 e. The monoisotopic (exact) mass is 528 g/mol. The lowest BCUT2D eigenvalue weighted by Gasteiger charge is -2.24. The molecule has 2 aliphatic rings. The zero-order valence-electron chi connectivity index (χ0n) is 24.1. The van der Waals surface area contributed by atoms with Gasteiger partial charge in [-0.25, -0.2) is 0 Å². The number of hydrogen-bond acceptors (Lipinski definition) is 1. The first-order valence-corrected chi connectivity index (χ1v) is 15.2. The molecule has 0 amide bonds. The Kier molecular flexibility index (Phi) is 7.86. The van der Waals surface area contributed by atoms with Crippen LogP contribution >= 0.6 is 0 Å². The molecule has 0 radical (unpaired) electrons. The number of ether oxygens (including phenoxy) is 1. The van der Waals surface area contributed by atoms with Gasteiger partial charge in [-0.05, 0) is 71.9 Å². The second-order valence-corrected chi connectivity index (χ2v) is 12.0. The van der Waals surface area contributed by atoms with Crippen molar-refractivity contribution in [1.82, 2.24) is 0 Å². The fourth-order valence-electron chi connectivity index (χ4n) is 7.21. The highest BCUT2D eigenvalue weighted by Crippen LogP contribution is 2.46. The topological polar surface area (TPSA) is 12.2 Å². The van der Waals surface area contributed by atoms with Crippen molar-refractivity contribution in [3.63, 3.8) is 0 Å². The van der Waals surface area contributed by atoms with Gasteiger partial charge >= 0.3 is 0 Å². The molecule has 0 aromatic heterocycles. The van der Waals surface area contributed by atoms with Crippen LogP contribution in [0.4, 0.5) is 5.69 Å². The van der Waals surface area contributed by atoms with Crippen molar-refractivity contribution in [3.8, 4) is 5.75 Å². The second kappa shape index (κ2) is 11.8. The van der Waals surface area contributed by atoms with Gasteiger partial charge in [-0.15, -0.1) is 0 Å². The smallest absolute Gasteiger partial charge is 0.210 e. The number of hydrogen-bond donors (Lipinski definition) is 0.